The second-order valence-corrected chi connectivity index (χ2v) is 5.14. The third-order valence-corrected chi connectivity index (χ3v) is 3.30. The number of ether oxygens (including phenoxy) is 1. The molecule has 0 aromatic rings. The Bertz CT molecular complexity index is 258. The topological polar surface area (TPSA) is 61.8 Å². The molecule has 5 nitrogen and oxygen atoms in total. The van der Waals surface area contributed by atoms with Gasteiger partial charge >= 0.3 is 0 Å². The van der Waals surface area contributed by atoms with Gasteiger partial charge in [0.2, 0.25) is 5.91 Å². The van der Waals surface area contributed by atoms with E-state index in [1.165, 1.54) is 7.11 Å². The maximum Gasteiger partial charge on any atom is 0.229 e. The second-order valence-electron chi connectivity index (χ2n) is 5.14. The molecule has 2 atom stereocenters. The highest BCUT2D eigenvalue weighted by atomic mass is 35.5. The Morgan fingerprint density at radius 3 is 2.78 bits per heavy atom. The zero-order valence-electron chi connectivity index (χ0n) is 11.4. The molecule has 1 aliphatic rings. The number of methoxy groups -OCH3 is 1. The number of likely N-dealkylation sites (N-methyl/N-ethyl adjacent to an activating group) is 1. The molecule has 108 valence electrons. The van der Waals surface area contributed by atoms with Crippen LogP contribution in [0.25, 0.3) is 0 Å². The smallest absolute Gasteiger partial charge is 0.229 e. The summed E-state index contributed by atoms with van der Waals surface area (Å²) in [5.74, 6) is 0.0971. The minimum absolute atomic E-state index is 0. The first-order chi connectivity index (χ1) is 7.99. The summed E-state index contributed by atoms with van der Waals surface area (Å²) in [4.78, 5) is 13.9. The van der Waals surface area contributed by atoms with E-state index in [1.54, 1.807) is 11.9 Å². The van der Waals surface area contributed by atoms with Crippen molar-refractivity contribution in [3.63, 3.8) is 0 Å². The van der Waals surface area contributed by atoms with Crippen LogP contribution in [0.15, 0.2) is 0 Å². The highest BCUT2D eigenvalue weighted by Crippen LogP contribution is 2.27. The van der Waals surface area contributed by atoms with Crippen molar-refractivity contribution in [2.75, 3.05) is 40.4 Å². The average molecular weight is 281 g/mol. The molecule has 6 heteroatoms. The Balaban J connectivity index is 0.00000289. The van der Waals surface area contributed by atoms with E-state index < -0.39 is 6.10 Å². The molecule has 0 aromatic carbocycles. The van der Waals surface area contributed by atoms with E-state index in [-0.39, 0.29) is 30.3 Å². The van der Waals surface area contributed by atoms with Gasteiger partial charge in [0.1, 0.15) is 0 Å². The summed E-state index contributed by atoms with van der Waals surface area (Å²) >= 11 is 0. The molecule has 0 aromatic heterocycles. The number of hydrogen-bond donors (Lipinski definition) is 2. The van der Waals surface area contributed by atoms with Gasteiger partial charge in [0.05, 0.1) is 18.1 Å². The van der Waals surface area contributed by atoms with Crippen molar-refractivity contribution in [3.05, 3.63) is 0 Å². The quantitative estimate of drug-likeness (QED) is 0.759. The molecule has 2 N–H and O–H groups in total. The van der Waals surface area contributed by atoms with Gasteiger partial charge in [0.15, 0.2) is 0 Å². The van der Waals surface area contributed by atoms with E-state index in [4.69, 9.17) is 4.74 Å². The van der Waals surface area contributed by atoms with Crippen molar-refractivity contribution in [1.29, 1.82) is 0 Å². The summed E-state index contributed by atoms with van der Waals surface area (Å²) in [5, 5.41) is 12.9. The van der Waals surface area contributed by atoms with Gasteiger partial charge in [-0.3, -0.25) is 4.79 Å². The van der Waals surface area contributed by atoms with Crippen molar-refractivity contribution >= 4 is 18.3 Å². The van der Waals surface area contributed by atoms with Gasteiger partial charge in [-0.05, 0) is 26.3 Å². The summed E-state index contributed by atoms with van der Waals surface area (Å²) in [7, 11) is 3.28. The fraction of sp³-hybridized carbons (Fsp3) is 0.917. The zero-order valence-corrected chi connectivity index (χ0v) is 12.3. The Morgan fingerprint density at radius 2 is 2.28 bits per heavy atom. The largest absolute Gasteiger partial charge is 0.389 e. The van der Waals surface area contributed by atoms with Gasteiger partial charge in [-0.25, -0.2) is 0 Å². The predicted molar refractivity (Wildman–Crippen MR) is 73.0 cm³/mol. The second kappa shape index (κ2) is 7.94. The first-order valence-electron chi connectivity index (χ1n) is 6.13. The number of nitrogens with zero attached hydrogens (tertiary/aromatic N) is 1. The lowest BCUT2D eigenvalue weighted by molar-refractivity contribution is -0.142. The van der Waals surface area contributed by atoms with E-state index in [0.717, 1.165) is 25.9 Å². The number of hydrogen-bond acceptors (Lipinski definition) is 4. The van der Waals surface area contributed by atoms with Gasteiger partial charge in [-0.1, -0.05) is 0 Å². The molecular weight excluding hydrogens is 256 g/mol. The summed E-state index contributed by atoms with van der Waals surface area (Å²) in [6.45, 7) is 4.27. The van der Waals surface area contributed by atoms with Crippen LogP contribution in [0.4, 0.5) is 0 Å². The Hall–Kier alpha value is -0.360. The Labute approximate surface area is 115 Å². The molecule has 0 bridgehead atoms. The van der Waals surface area contributed by atoms with Crippen LogP contribution in [0.5, 0.6) is 0 Å². The van der Waals surface area contributed by atoms with Crippen LogP contribution >= 0.6 is 12.4 Å². The fourth-order valence-corrected chi connectivity index (χ4v) is 2.34. The van der Waals surface area contributed by atoms with Gasteiger partial charge in [0.25, 0.3) is 0 Å². The summed E-state index contributed by atoms with van der Waals surface area (Å²) in [5.41, 5.74) is -0.334. The molecule has 1 amide bonds. The first kappa shape index (κ1) is 17.6. The monoisotopic (exact) mass is 280 g/mol. The van der Waals surface area contributed by atoms with E-state index in [1.807, 2.05) is 6.92 Å². The van der Waals surface area contributed by atoms with Crippen LogP contribution in [0, 0.1) is 5.41 Å². The van der Waals surface area contributed by atoms with Crippen molar-refractivity contribution in [1.82, 2.24) is 10.2 Å². The van der Waals surface area contributed by atoms with E-state index >= 15 is 0 Å². The maximum atomic E-state index is 12.3. The maximum absolute atomic E-state index is 12.3. The number of rotatable bonds is 5. The molecule has 2 unspecified atom stereocenters. The molecule has 0 spiro atoms. The van der Waals surface area contributed by atoms with Crippen LogP contribution in [-0.2, 0) is 9.53 Å². The molecule has 0 saturated carbocycles. The van der Waals surface area contributed by atoms with Crippen molar-refractivity contribution in [2.45, 2.75) is 25.9 Å². The molecule has 1 saturated heterocycles. The number of aliphatic hydroxyl groups is 1. The first-order valence-corrected chi connectivity index (χ1v) is 6.13. The molecular formula is C12H25ClN2O3. The number of amides is 1. The molecule has 1 fully saturated rings. The van der Waals surface area contributed by atoms with Crippen LogP contribution in [-0.4, -0.2) is 62.4 Å². The molecule has 1 aliphatic heterocycles. The van der Waals surface area contributed by atoms with Crippen molar-refractivity contribution in [3.8, 4) is 0 Å². The fourth-order valence-electron chi connectivity index (χ4n) is 2.34. The van der Waals surface area contributed by atoms with Crippen molar-refractivity contribution < 1.29 is 14.6 Å². The van der Waals surface area contributed by atoms with Gasteiger partial charge in [-0.2, -0.15) is 0 Å². The van der Waals surface area contributed by atoms with Gasteiger partial charge in [0, 0.05) is 27.2 Å². The van der Waals surface area contributed by atoms with Crippen LogP contribution in [0.3, 0.4) is 0 Å². The summed E-state index contributed by atoms with van der Waals surface area (Å²) < 4.78 is 4.85. The van der Waals surface area contributed by atoms with Crippen LogP contribution in [0.1, 0.15) is 19.8 Å². The van der Waals surface area contributed by atoms with E-state index in [2.05, 4.69) is 5.32 Å². The SMILES string of the molecule is COCC(O)CN(C)C(=O)C1(C)CCCNC1.Cl. The third-order valence-electron chi connectivity index (χ3n) is 3.30. The Morgan fingerprint density at radius 1 is 1.61 bits per heavy atom. The van der Waals surface area contributed by atoms with Gasteiger partial charge < -0.3 is 20.1 Å². The summed E-state index contributed by atoms with van der Waals surface area (Å²) in [6.07, 6.45) is 1.31. The van der Waals surface area contributed by atoms with E-state index in [0.29, 0.717) is 6.54 Å². The zero-order chi connectivity index (χ0) is 12.9. The predicted octanol–water partition coefficient (Wildman–Crippen LogP) is 0.264. The molecule has 0 radical (unpaired) electrons. The van der Waals surface area contributed by atoms with Gasteiger partial charge in [-0.15, -0.1) is 12.4 Å². The number of aliphatic hydroxyl groups excluding tert-OH is 1. The third kappa shape index (κ3) is 4.72. The summed E-state index contributed by atoms with van der Waals surface area (Å²) in [6, 6.07) is 0. The normalized spacial score (nSPS) is 25.1. The number of carbonyl (C=O) groups excluding carboxylic acids is 1. The van der Waals surface area contributed by atoms with Crippen molar-refractivity contribution in [2.24, 2.45) is 5.41 Å². The minimum Gasteiger partial charge on any atom is -0.389 e. The van der Waals surface area contributed by atoms with E-state index in [9.17, 15) is 9.90 Å². The number of carbonyl (C=O) groups is 1. The number of piperidine rings is 1. The average Bonchev–Trinajstić information content (AvgIpc) is 2.29. The number of halogens is 1. The van der Waals surface area contributed by atoms with Crippen LogP contribution < -0.4 is 5.32 Å². The molecule has 1 heterocycles. The highest BCUT2D eigenvalue weighted by Gasteiger charge is 2.36. The lowest BCUT2D eigenvalue weighted by atomic mass is 9.81. The molecule has 1 rings (SSSR count). The minimum atomic E-state index is -0.617. The standard InChI is InChI=1S/C12H24N2O3.ClH/c1-12(5-4-6-13-9-12)11(16)14(2)7-10(15)8-17-3;/h10,13,15H,4-9H2,1-3H3;1H. The lowest BCUT2D eigenvalue weighted by Crippen LogP contribution is -2.50. The highest BCUT2D eigenvalue weighted by molar-refractivity contribution is 5.85. The Kier molecular flexibility index (Phi) is 7.78. The lowest BCUT2D eigenvalue weighted by Gasteiger charge is -2.36. The molecule has 0 aliphatic carbocycles. The number of nitrogens with one attached hydrogen (secondary N) is 1. The van der Waals surface area contributed by atoms with Crippen LogP contribution in [0.2, 0.25) is 0 Å². The molecule has 18 heavy (non-hydrogen) atoms.